The van der Waals surface area contributed by atoms with Gasteiger partial charge in [0.15, 0.2) is 0 Å². The van der Waals surface area contributed by atoms with Gasteiger partial charge in [-0.1, -0.05) is 13.8 Å². The molecule has 2 nitrogen and oxygen atoms in total. The summed E-state index contributed by atoms with van der Waals surface area (Å²) in [6, 6.07) is 5.21. The largest absolute Gasteiger partial charge is 0.387 e. The Kier molecular flexibility index (Phi) is 4.63. The number of hydrogen-bond donors (Lipinski definition) is 1. The van der Waals surface area contributed by atoms with Crippen LogP contribution in [0, 0.1) is 40.2 Å². The van der Waals surface area contributed by atoms with Crippen LogP contribution in [0.2, 0.25) is 0 Å². The molecule has 114 valence electrons. The van der Waals surface area contributed by atoms with Crippen molar-refractivity contribution >= 4 is 0 Å². The fraction of sp³-hybridized carbons (Fsp3) is 0.588. The van der Waals surface area contributed by atoms with E-state index in [2.05, 4.69) is 19.9 Å². The maximum absolute atomic E-state index is 13.3. The van der Waals surface area contributed by atoms with Crippen molar-refractivity contribution in [2.45, 2.75) is 45.6 Å². The zero-order valence-corrected chi connectivity index (χ0v) is 12.4. The summed E-state index contributed by atoms with van der Waals surface area (Å²) in [6.45, 7) is 4.31. The number of benzene rings is 1. The number of rotatable bonds is 3. The van der Waals surface area contributed by atoms with Gasteiger partial charge in [-0.3, -0.25) is 0 Å². The molecule has 1 aromatic carbocycles. The van der Waals surface area contributed by atoms with E-state index in [-0.39, 0.29) is 5.56 Å². The van der Waals surface area contributed by atoms with Crippen LogP contribution in [0.4, 0.5) is 8.78 Å². The summed E-state index contributed by atoms with van der Waals surface area (Å²) < 4.78 is 26.6. The van der Waals surface area contributed by atoms with Gasteiger partial charge in [-0.15, -0.1) is 0 Å². The molecular weight excluding hydrogens is 272 g/mol. The highest BCUT2D eigenvalue weighted by atomic mass is 19.1. The van der Waals surface area contributed by atoms with Crippen LogP contribution in [-0.2, 0) is 0 Å². The molecule has 1 saturated carbocycles. The standard InChI is InChI=1S/C17H21F2NO/c1-11(2)12-3-5-17(10-20,6-4-12)16(21)13-7-14(18)9-15(19)8-13/h7-9,11-12,16,21H,3-6H2,1-2H3. The van der Waals surface area contributed by atoms with E-state index in [0.29, 0.717) is 24.7 Å². The molecule has 0 aromatic heterocycles. The minimum absolute atomic E-state index is 0.150. The van der Waals surface area contributed by atoms with Crippen molar-refractivity contribution in [1.29, 1.82) is 5.26 Å². The predicted octanol–water partition coefficient (Wildman–Crippen LogP) is 4.35. The lowest BCUT2D eigenvalue weighted by Gasteiger charge is -2.39. The first kappa shape index (κ1) is 15.9. The number of nitrogens with zero attached hydrogens (tertiary/aromatic N) is 1. The molecule has 0 saturated heterocycles. The third-order valence-corrected chi connectivity index (χ3v) is 4.81. The third-order valence-electron chi connectivity index (χ3n) is 4.81. The van der Waals surface area contributed by atoms with Gasteiger partial charge in [-0.05, 0) is 55.2 Å². The number of nitriles is 1. The maximum atomic E-state index is 13.3. The van der Waals surface area contributed by atoms with Crippen molar-refractivity contribution < 1.29 is 13.9 Å². The molecule has 0 spiro atoms. The Morgan fingerprint density at radius 1 is 1.19 bits per heavy atom. The monoisotopic (exact) mass is 293 g/mol. The molecule has 21 heavy (non-hydrogen) atoms. The lowest BCUT2D eigenvalue weighted by molar-refractivity contribution is 0.0186. The van der Waals surface area contributed by atoms with Crippen molar-refractivity contribution in [3.63, 3.8) is 0 Å². The van der Waals surface area contributed by atoms with E-state index in [4.69, 9.17) is 0 Å². The van der Waals surface area contributed by atoms with E-state index in [0.717, 1.165) is 31.0 Å². The van der Waals surface area contributed by atoms with Gasteiger partial charge in [0.2, 0.25) is 0 Å². The van der Waals surface area contributed by atoms with Crippen LogP contribution in [0.25, 0.3) is 0 Å². The number of aliphatic hydroxyl groups excluding tert-OH is 1. The van der Waals surface area contributed by atoms with E-state index in [1.165, 1.54) is 0 Å². The quantitative estimate of drug-likeness (QED) is 0.900. The fourth-order valence-electron chi connectivity index (χ4n) is 3.32. The number of aliphatic hydroxyl groups is 1. The summed E-state index contributed by atoms with van der Waals surface area (Å²) in [6.07, 6.45) is 1.69. The predicted molar refractivity (Wildman–Crippen MR) is 76.2 cm³/mol. The van der Waals surface area contributed by atoms with E-state index in [1.807, 2.05) is 0 Å². The Morgan fingerprint density at radius 3 is 2.14 bits per heavy atom. The van der Waals surface area contributed by atoms with Crippen molar-refractivity contribution in [3.8, 4) is 6.07 Å². The average Bonchev–Trinajstić information content (AvgIpc) is 2.45. The van der Waals surface area contributed by atoms with Crippen LogP contribution in [0.15, 0.2) is 18.2 Å². The molecule has 1 fully saturated rings. The highest BCUT2D eigenvalue weighted by Crippen LogP contribution is 2.48. The minimum Gasteiger partial charge on any atom is -0.387 e. The lowest BCUT2D eigenvalue weighted by Crippen LogP contribution is -2.33. The summed E-state index contributed by atoms with van der Waals surface area (Å²) in [5, 5.41) is 20.1. The van der Waals surface area contributed by atoms with Crippen molar-refractivity contribution in [3.05, 3.63) is 35.4 Å². The van der Waals surface area contributed by atoms with E-state index in [1.54, 1.807) is 0 Å². The molecule has 4 heteroatoms. The Balaban J connectivity index is 2.23. The molecule has 2 rings (SSSR count). The molecule has 0 bridgehead atoms. The molecule has 1 aromatic rings. The Labute approximate surface area is 124 Å². The van der Waals surface area contributed by atoms with Crippen LogP contribution in [0.1, 0.15) is 51.2 Å². The molecule has 1 atom stereocenters. The average molecular weight is 293 g/mol. The van der Waals surface area contributed by atoms with Crippen molar-refractivity contribution in [2.24, 2.45) is 17.3 Å². The first-order chi connectivity index (χ1) is 9.88. The van der Waals surface area contributed by atoms with E-state index in [9.17, 15) is 19.1 Å². The fourth-order valence-corrected chi connectivity index (χ4v) is 3.32. The van der Waals surface area contributed by atoms with Gasteiger partial charge >= 0.3 is 0 Å². The van der Waals surface area contributed by atoms with Gasteiger partial charge in [0.1, 0.15) is 11.6 Å². The smallest absolute Gasteiger partial charge is 0.126 e. The van der Waals surface area contributed by atoms with Gasteiger partial charge in [0.05, 0.1) is 17.6 Å². The normalized spacial score (nSPS) is 27.4. The zero-order valence-electron chi connectivity index (χ0n) is 12.4. The summed E-state index contributed by atoms with van der Waals surface area (Å²) in [5.74, 6) is -0.366. The van der Waals surface area contributed by atoms with Gasteiger partial charge in [-0.2, -0.15) is 5.26 Å². The molecule has 0 amide bonds. The van der Waals surface area contributed by atoms with Gasteiger partial charge in [0, 0.05) is 6.07 Å². The second kappa shape index (κ2) is 6.11. The van der Waals surface area contributed by atoms with Crippen LogP contribution >= 0.6 is 0 Å². The summed E-state index contributed by atoms with van der Waals surface area (Å²) in [5.41, 5.74) is -0.789. The highest BCUT2D eigenvalue weighted by molar-refractivity contribution is 5.25. The Hall–Kier alpha value is -1.47. The van der Waals surface area contributed by atoms with Crippen molar-refractivity contribution in [2.75, 3.05) is 0 Å². The van der Waals surface area contributed by atoms with Crippen LogP contribution in [-0.4, -0.2) is 5.11 Å². The summed E-state index contributed by atoms with van der Waals surface area (Å²) in [7, 11) is 0. The third kappa shape index (κ3) is 3.24. The number of hydrogen-bond acceptors (Lipinski definition) is 2. The zero-order chi connectivity index (χ0) is 15.6. The van der Waals surface area contributed by atoms with Crippen LogP contribution < -0.4 is 0 Å². The molecule has 1 aliphatic rings. The van der Waals surface area contributed by atoms with Crippen molar-refractivity contribution in [1.82, 2.24) is 0 Å². The topological polar surface area (TPSA) is 44.0 Å². The van der Waals surface area contributed by atoms with Crippen LogP contribution in [0.3, 0.4) is 0 Å². The summed E-state index contributed by atoms with van der Waals surface area (Å²) in [4.78, 5) is 0. The maximum Gasteiger partial charge on any atom is 0.126 e. The first-order valence-electron chi connectivity index (χ1n) is 7.43. The number of halogens is 2. The van der Waals surface area contributed by atoms with Gasteiger partial charge in [-0.25, -0.2) is 8.78 Å². The Bertz CT molecular complexity index is 522. The molecule has 1 N–H and O–H groups in total. The lowest BCUT2D eigenvalue weighted by atomic mass is 9.65. The van der Waals surface area contributed by atoms with E-state index >= 15 is 0 Å². The molecule has 0 radical (unpaired) electrons. The molecule has 0 heterocycles. The molecular formula is C17H21F2NO. The molecule has 0 aliphatic heterocycles. The van der Waals surface area contributed by atoms with E-state index < -0.39 is 23.2 Å². The highest BCUT2D eigenvalue weighted by Gasteiger charge is 2.43. The second-order valence-corrected chi connectivity index (χ2v) is 6.45. The van der Waals surface area contributed by atoms with Gasteiger partial charge < -0.3 is 5.11 Å². The molecule has 1 unspecified atom stereocenters. The Morgan fingerprint density at radius 2 is 1.71 bits per heavy atom. The minimum atomic E-state index is -1.15. The SMILES string of the molecule is CC(C)C1CCC(C#N)(C(O)c2cc(F)cc(F)c2)CC1. The molecule has 1 aliphatic carbocycles. The summed E-state index contributed by atoms with van der Waals surface area (Å²) >= 11 is 0. The van der Waals surface area contributed by atoms with Crippen LogP contribution in [0.5, 0.6) is 0 Å². The first-order valence-corrected chi connectivity index (χ1v) is 7.43. The second-order valence-electron chi connectivity index (χ2n) is 6.45. The van der Waals surface area contributed by atoms with Gasteiger partial charge in [0.25, 0.3) is 0 Å².